The first-order valence-corrected chi connectivity index (χ1v) is 6.28. The number of ketones is 1. The van der Waals surface area contributed by atoms with Crippen molar-refractivity contribution in [1.82, 2.24) is 4.98 Å². The highest BCUT2D eigenvalue weighted by Crippen LogP contribution is 2.61. The zero-order valence-electron chi connectivity index (χ0n) is 10.0. The van der Waals surface area contributed by atoms with Gasteiger partial charge in [0.25, 0.3) is 0 Å². The fourth-order valence-corrected chi connectivity index (χ4v) is 3.84. The summed E-state index contributed by atoms with van der Waals surface area (Å²) in [4.78, 5) is 15.3. The van der Waals surface area contributed by atoms with Crippen molar-refractivity contribution in [3.8, 4) is 0 Å². The number of hydrogen-bond donors (Lipinski definition) is 1. The number of carbonyl (C=O) groups excluding carboxylic acids is 1. The second kappa shape index (κ2) is 3.22. The van der Waals surface area contributed by atoms with Gasteiger partial charge in [0.05, 0.1) is 5.69 Å². The van der Waals surface area contributed by atoms with Gasteiger partial charge in [-0.3, -0.25) is 4.79 Å². The van der Waals surface area contributed by atoms with E-state index < -0.39 is 0 Å². The molecule has 86 valence electrons. The zero-order chi connectivity index (χ0) is 11.3. The molecule has 0 aromatic carbocycles. The highest BCUT2D eigenvalue weighted by atomic mass is 16.1. The normalized spacial score (nSPS) is 36.9. The van der Waals surface area contributed by atoms with Crippen LogP contribution in [0.15, 0.2) is 12.3 Å². The monoisotopic (exact) mass is 217 g/mol. The van der Waals surface area contributed by atoms with E-state index in [1.165, 1.54) is 12.8 Å². The van der Waals surface area contributed by atoms with E-state index in [1.807, 2.05) is 19.2 Å². The number of hydrogen-bond acceptors (Lipinski definition) is 1. The summed E-state index contributed by atoms with van der Waals surface area (Å²) in [5, 5.41) is 0. The summed E-state index contributed by atoms with van der Waals surface area (Å²) >= 11 is 0. The summed E-state index contributed by atoms with van der Waals surface area (Å²) in [7, 11) is 0. The molecule has 2 aliphatic rings. The first-order chi connectivity index (χ1) is 7.60. The summed E-state index contributed by atoms with van der Waals surface area (Å²) in [6.07, 6.45) is 6.83. The van der Waals surface area contributed by atoms with E-state index in [0.717, 1.165) is 30.0 Å². The number of carbonyl (C=O) groups is 1. The Labute approximate surface area is 96.4 Å². The van der Waals surface area contributed by atoms with Crippen LogP contribution in [0.4, 0.5) is 0 Å². The Morgan fingerprint density at radius 2 is 2.06 bits per heavy atom. The predicted octanol–water partition coefficient (Wildman–Crippen LogP) is 3.33. The molecule has 1 aromatic rings. The minimum absolute atomic E-state index is 0.296. The van der Waals surface area contributed by atoms with Gasteiger partial charge >= 0.3 is 0 Å². The third-order valence-electron chi connectivity index (χ3n) is 4.49. The molecule has 2 fully saturated rings. The van der Waals surface area contributed by atoms with Crippen LogP contribution in [0, 0.1) is 24.2 Å². The molecule has 2 nitrogen and oxygen atoms in total. The van der Waals surface area contributed by atoms with Crippen molar-refractivity contribution in [3.63, 3.8) is 0 Å². The number of Topliss-reactive ketones (excluding diaryl/α,β-unsaturated/α-hetero) is 1. The topological polar surface area (TPSA) is 32.9 Å². The number of nitrogens with one attached hydrogen (secondary N) is 1. The highest BCUT2D eigenvalue weighted by Gasteiger charge is 2.53. The summed E-state index contributed by atoms with van der Waals surface area (Å²) in [5.41, 5.74) is 2.50. The van der Waals surface area contributed by atoms with Crippen molar-refractivity contribution in [2.24, 2.45) is 17.3 Å². The van der Waals surface area contributed by atoms with Gasteiger partial charge < -0.3 is 4.98 Å². The first kappa shape index (κ1) is 10.1. The van der Waals surface area contributed by atoms with Crippen LogP contribution in [-0.4, -0.2) is 10.8 Å². The number of rotatable bonds is 2. The van der Waals surface area contributed by atoms with Gasteiger partial charge in [-0.05, 0) is 55.6 Å². The second-order valence-electron chi connectivity index (χ2n) is 6.02. The molecule has 0 saturated heterocycles. The molecule has 1 heterocycles. The Morgan fingerprint density at radius 3 is 2.56 bits per heavy atom. The van der Waals surface area contributed by atoms with Crippen molar-refractivity contribution in [3.05, 3.63) is 23.5 Å². The van der Waals surface area contributed by atoms with Crippen molar-refractivity contribution < 1.29 is 4.79 Å². The van der Waals surface area contributed by atoms with E-state index in [2.05, 4.69) is 11.9 Å². The van der Waals surface area contributed by atoms with Crippen LogP contribution in [0.3, 0.4) is 0 Å². The summed E-state index contributed by atoms with van der Waals surface area (Å²) < 4.78 is 0. The van der Waals surface area contributed by atoms with Crippen LogP contribution < -0.4 is 0 Å². The second-order valence-corrected chi connectivity index (χ2v) is 6.02. The molecule has 0 unspecified atom stereocenters. The maximum absolute atomic E-state index is 12.2. The lowest BCUT2D eigenvalue weighted by molar-refractivity contribution is -0.0504. The largest absolute Gasteiger partial charge is 0.359 e. The maximum atomic E-state index is 12.2. The van der Waals surface area contributed by atoms with Crippen molar-refractivity contribution in [2.45, 2.75) is 39.5 Å². The molecule has 2 aliphatic carbocycles. The molecule has 1 N–H and O–H groups in total. The molecule has 0 atom stereocenters. The van der Waals surface area contributed by atoms with Crippen molar-refractivity contribution in [1.29, 1.82) is 0 Å². The van der Waals surface area contributed by atoms with Gasteiger partial charge in [-0.1, -0.05) is 6.92 Å². The van der Waals surface area contributed by atoms with Gasteiger partial charge in [0.2, 0.25) is 0 Å². The van der Waals surface area contributed by atoms with E-state index in [4.69, 9.17) is 0 Å². The van der Waals surface area contributed by atoms with Gasteiger partial charge in [-0.25, -0.2) is 0 Å². The Hall–Kier alpha value is -1.05. The third kappa shape index (κ3) is 1.35. The molecule has 16 heavy (non-hydrogen) atoms. The number of aryl methyl sites for hydroxylation is 1. The molecule has 0 amide bonds. The Morgan fingerprint density at radius 1 is 1.38 bits per heavy atom. The number of aromatic amines is 1. The highest BCUT2D eigenvalue weighted by molar-refractivity contribution is 5.98. The van der Waals surface area contributed by atoms with E-state index in [9.17, 15) is 4.79 Å². The van der Waals surface area contributed by atoms with E-state index in [0.29, 0.717) is 17.1 Å². The average Bonchev–Trinajstić information content (AvgIpc) is 2.54. The summed E-state index contributed by atoms with van der Waals surface area (Å²) in [6, 6.07) is 1.98. The quantitative estimate of drug-likeness (QED) is 0.757. The lowest BCUT2D eigenvalue weighted by Gasteiger charge is -2.56. The average molecular weight is 217 g/mol. The van der Waals surface area contributed by atoms with Gasteiger partial charge in [0, 0.05) is 12.1 Å². The van der Waals surface area contributed by atoms with E-state index >= 15 is 0 Å². The van der Waals surface area contributed by atoms with Gasteiger partial charge in [0.15, 0.2) is 5.78 Å². The molecular weight excluding hydrogens is 198 g/mol. The molecule has 1 aromatic heterocycles. The number of aromatic nitrogens is 1. The standard InChI is InChI=1S/C14H19NO/c1-9-5-14(6-9)7-11(8-14)13(16)12-10(2)3-4-15-12/h3-4,9,11,15H,5-8H2,1-2H3. The summed E-state index contributed by atoms with van der Waals surface area (Å²) in [5.74, 6) is 1.53. The fourth-order valence-electron chi connectivity index (χ4n) is 3.84. The molecule has 0 radical (unpaired) electrons. The van der Waals surface area contributed by atoms with Crippen molar-refractivity contribution >= 4 is 5.78 Å². The minimum Gasteiger partial charge on any atom is -0.359 e. The Kier molecular flexibility index (Phi) is 2.04. The predicted molar refractivity (Wildman–Crippen MR) is 63.4 cm³/mol. The molecule has 0 aliphatic heterocycles. The van der Waals surface area contributed by atoms with Crippen LogP contribution in [0.1, 0.15) is 48.7 Å². The SMILES string of the molecule is Cc1cc[nH]c1C(=O)C1CC2(CC(C)C2)C1. The van der Waals surface area contributed by atoms with Crippen LogP contribution in [-0.2, 0) is 0 Å². The van der Waals surface area contributed by atoms with Gasteiger partial charge in [0.1, 0.15) is 0 Å². The maximum Gasteiger partial charge on any atom is 0.182 e. The zero-order valence-corrected chi connectivity index (χ0v) is 10.0. The van der Waals surface area contributed by atoms with Gasteiger partial charge in [-0.2, -0.15) is 0 Å². The van der Waals surface area contributed by atoms with Crippen LogP contribution in [0.2, 0.25) is 0 Å². The lowest BCUT2D eigenvalue weighted by Crippen LogP contribution is -2.49. The Balaban J connectivity index is 1.65. The molecule has 2 saturated carbocycles. The van der Waals surface area contributed by atoms with Crippen LogP contribution in [0.5, 0.6) is 0 Å². The molecule has 1 spiro atoms. The third-order valence-corrected chi connectivity index (χ3v) is 4.49. The molecule has 3 rings (SSSR count). The van der Waals surface area contributed by atoms with Crippen molar-refractivity contribution in [2.75, 3.05) is 0 Å². The Bertz CT molecular complexity index is 418. The summed E-state index contributed by atoms with van der Waals surface area (Å²) in [6.45, 7) is 4.32. The molecule has 2 heteroatoms. The number of H-pyrrole nitrogens is 1. The van der Waals surface area contributed by atoms with Crippen LogP contribution in [0.25, 0.3) is 0 Å². The van der Waals surface area contributed by atoms with Gasteiger partial charge in [-0.15, -0.1) is 0 Å². The lowest BCUT2D eigenvalue weighted by atomic mass is 9.48. The van der Waals surface area contributed by atoms with Crippen LogP contribution >= 0.6 is 0 Å². The minimum atomic E-state index is 0.296. The molecule has 0 bridgehead atoms. The fraction of sp³-hybridized carbons (Fsp3) is 0.643. The van der Waals surface area contributed by atoms with E-state index in [-0.39, 0.29) is 0 Å². The smallest absolute Gasteiger partial charge is 0.182 e. The van der Waals surface area contributed by atoms with E-state index in [1.54, 1.807) is 0 Å². The molecular formula is C14H19NO. The first-order valence-electron chi connectivity index (χ1n) is 6.28.